The van der Waals surface area contributed by atoms with Gasteiger partial charge in [-0.1, -0.05) is 19.6 Å². The van der Waals surface area contributed by atoms with Gasteiger partial charge in [0.15, 0.2) is 0 Å². The number of nitrogens with zero attached hydrogens (tertiary/aromatic N) is 2. The van der Waals surface area contributed by atoms with Crippen LogP contribution in [0.4, 0.5) is 0 Å². The monoisotopic (exact) mass is 286 g/mol. The molecule has 0 aliphatic carbocycles. The standard InChI is InChI=1S/C12H22N2O4Si/c1-9-11(15)10(12(16)17-2)14(13-9)8-18-6-7-19(3,4)5/h10H,6-8H2,1-5H3. The Morgan fingerprint density at radius 1 is 1.42 bits per heavy atom. The van der Waals surface area contributed by atoms with Crippen LogP contribution in [0.5, 0.6) is 0 Å². The summed E-state index contributed by atoms with van der Waals surface area (Å²) in [4.78, 5) is 23.4. The Hall–Kier alpha value is -1.21. The van der Waals surface area contributed by atoms with Crippen molar-refractivity contribution in [2.45, 2.75) is 38.7 Å². The fraction of sp³-hybridized carbons (Fsp3) is 0.750. The number of carbonyl (C=O) groups excluding carboxylic acids is 2. The molecule has 1 atom stereocenters. The zero-order chi connectivity index (χ0) is 14.6. The number of Topliss-reactive ketones (excluding diaryl/α,β-unsaturated/α-hetero) is 1. The molecule has 0 amide bonds. The van der Waals surface area contributed by atoms with Gasteiger partial charge in [-0.3, -0.25) is 4.79 Å². The Bertz CT molecular complexity index is 390. The molecule has 1 aliphatic rings. The van der Waals surface area contributed by atoms with Crippen LogP contribution in [0.15, 0.2) is 5.10 Å². The minimum absolute atomic E-state index is 0.132. The van der Waals surface area contributed by atoms with Crippen molar-refractivity contribution in [3.8, 4) is 0 Å². The van der Waals surface area contributed by atoms with Gasteiger partial charge in [0.25, 0.3) is 0 Å². The maximum absolute atomic E-state index is 11.8. The lowest BCUT2D eigenvalue weighted by Crippen LogP contribution is -2.42. The second-order valence-corrected chi connectivity index (χ2v) is 11.4. The lowest BCUT2D eigenvalue weighted by Gasteiger charge is -2.21. The molecule has 0 aromatic heterocycles. The van der Waals surface area contributed by atoms with Crippen LogP contribution in [0.3, 0.4) is 0 Å². The number of hydrogen-bond acceptors (Lipinski definition) is 6. The van der Waals surface area contributed by atoms with E-state index < -0.39 is 20.1 Å². The van der Waals surface area contributed by atoms with Gasteiger partial charge in [-0.05, 0) is 13.0 Å². The van der Waals surface area contributed by atoms with Crippen LogP contribution in [0.2, 0.25) is 25.7 Å². The molecule has 108 valence electrons. The predicted molar refractivity (Wildman–Crippen MR) is 74.7 cm³/mol. The van der Waals surface area contributed by atoms with Crippen molar-refractivity contribution in [3.05, 3.63) is 0 Å². The van der Waals surface area contributed by atoms with Gasteiger partial charge in [0.05, 0.1) is 7.11 Å². The van der Waals surface area contributed by atoms with Crippen LogP contribution in [-0.2, 0) is 19.1 Å². The fourth-order valence-corrected chi connectivity index (χ4v) is 2.37. The number of ether oxygens (including phenoxy) is 2. The summed E-state index contributed by atoms with van der Waals surface area (Å²) in [6, 6.07) is 0.0392. The van der Waals surface area contributed by atoms with E-state index >= 15 is 0 Å². The minimum atomic E-state index is -1.14. The van der Waals surface area contributed by atoms with Gasteiger partial charge < -0.3 is 9.47 Å². The Morgan fingerprint density at radius 2 is 2.05 bits per heavy atom. The van der Waals surface area contributed by atoms with Crippen molar-refractivity contribution in [2.75, 3.05) is 20.4 Å². The SMILES string of the molecule is COC(=O)C1C(=O)C(C)=NN1COCC[Si](C)(C)C. The number of esters is 1. The summed E-state index contributed by atoms with van der Waals surface area (Å²) in [6.07, 6.45) is 0. The highest BCUT2D eigenvalue weighted by Gasteiger charge is 2.40. The third-order valence-corrected chi connectivity index (χ3v) is 4.53. The molecular weight excluding hydrogens is 264 g/mol. The Morgan fingerprint density at radius 3 is 2.58 bits per heavy atom. The van der Waals surface area contributed by atoms with Crippen LogP contribution < -0.4 is 0 Å². The van der Waals surface area contributed by atoms with Gasteiger partial charge >= 0.3 is 5.97 Å². The van der Waals surface area contributed by atoms with E-state index in [1.54, 1.807) is 6.92 Å². The maximum atomic E-state index is 11.8. The molecule has 0 N–H and O–H groups in total. The Kier molecular flexibility index (Phi) is 5.25. The largest absolute Gasteiger partial charge is 0.467 e. The normalized spacial score (nSPS) is 19.6. The molecule has 0 aromatic rings. The molecule has 19 heavy (non-hydrogen) atoms. The molecule has 0 aromatic carbocycles. The molecule has 0 saturated heterocycles. The summed E-state index contributed by atoms with van der Waals surface area (Å²) in [5, 5.41) is 5.39. The van der Waals surface area contributed by atoms with Crippen molar-refractivity contribution >= 4 is 25.5 Å². The summed E-state index contributed by atoms with van der Waals surface area (Å²) in [7, 11) is 0.113. The highest BCUT2D eigenvalue weighted by Crippen LogP contribution is 2.14. The van der Waals surface area contributed by atoms with E-state index in [2.05, 4.69) is 29.5 Å². The topological polar surface area (TPSA) is 68.2 Å². The molecule has 7 heteroatoms. The molecule has 1 aliphatic heterocycles. The van der Waals surface area contributed by atoms with Crippen molar-refractivity contribution < 1.29 is 19.1 Å². The van der Waals surface area contributed by atoms with Crippen LogP contribution in [0.25, 0.3) is 0 Å². The van der Waals surface area contributed by atoms with Gasteiger partial charge in [-0.15, -0.1) is 0 Å². The Balaban J connectivity index is 2.51. The molecule has 1 heterocycles. The van der Waals surface area contributed by atoms with Crippen LogP contribution >= 0.6 is 0 Å². The highest BCUT2D eigenvalue weighted by molar-refractivity contribution is 6.76. The second kappa shape index (κ2) is 6.29. The first-order chi connectivity index (χ1) is 8.76. The Labute approximate surface area is 114 Å². The molecular formula is C12H22N2O4Si. The van der Waals surface area contributed by atoms with E-state index in [9.17, 15) is 9.59 Å². The van der Waals surface area contributed by atoms with Gasteiger partial charge in [-0.25, -0.2) is 9.80 Å². The van der Waals surface area contributed by atoms with Gasteiger partial charge in [0.2, 0.25) is 11.8 Å². The number of carbonyl (C=O) groups is 2. The number of hydrogen-bond donors (Lipinski definition) is 0. The van der Waals surface area contributed by atoms with Crippen molar-refractivity contribution in [1.82, 2.24) is 5.01 Å². The fourth-order valence-electron chi connectivity index (χ4n) is 1.61. The summed E-state index contributed by atoms with van der Waals surface area (Å²) in [6.45, 7) is 9.11. The molecule has 1 rings (SSSR count). The average Bonchev–Trinajstić information content (AvgIpc) is 2.59. The second-order valence-electron chi connectivity index (χ2n) is 5.76. The van der Waals surface area contributed by atoms with Crippen LogP contribution in [-0.4, -0.2) is 57.0 Å². The van der Waals surface area contributed by atoms with E-state index in [0.29, 0.717) is 12.3 Å². The number of hydrazone groups is 1. The molecule has 0 bridgehead atoms. The van der Waals surface area contributed by atoms with E-state index in [0.717, 1.165) is 6.04 Å². The van der Waals surface area contributed by atoms with E-state index in [4.69, 9.17) is 4.74 Å². The first kappa shape index (κ1) is 15.8. The zero-order valence-corrected chi connectivity index (χ0v) is 13.2. The number of rotatable bonds is 6. The number of ketones is 1. The van der Waals surface area contributed by atoms with Crippen molar-refractivity contribution in [2.24, 2.45) is 5.10 Å². The van der Waals surface area contributed by atoms with E-state index in [1.165, 1.54) is 12.1 Å². The maximum Gasteiger partial charge on any atom is 0.338 e. The van der Waals surface area contributed by atoms with Gasteiger partial charge in [0, 0.05) is 14.7 Å². The molecule has 0 spiro atoms. The average molecular weight is 286 g/mol. The van der Waals surface area contributed by atoms with Crippen LogP contribution in [0, 0.1) is 0 Å². The molecule has 6 nitrogen and oxygen atoms in total. The summed E-state index contributed by atoms with van der Waals surface area (Å²) < 4.78 is 10.1. The third kappa shape index (κ3) is 4.43. The van der Waals surface area contributed by atoms with E-state index in [-0.39, 0.29) is 12.5 Å². The van der Waals surface area contributed by atoms with Gasteiger partial charge in [-0.2, -0.15) is 5.10 Å². The first-order valence-corrected chi connectivity index (χ1v) is 9.98. The molecule has 1 unspecified atom stereocenters. The lowest BCUT2D eigenvalue weighted by atomic mass is 10.1. The lowest BCUT2D eigenvalue weighted by molar-refractivity contribution is -0.151. The smallest absolute Gasteiger partial charge is 0.338 e. The first-order valence-electron chi connectivity index (χ1n) is 6.28. The summed E-state index contributed by atoms with van der Waals surface area (Å²) >= 11 is 0. The minimum Gasteiger partial charge on any atom is -0.467 e. The third-order valence-electron chi connectivity index (χ3n) is 2.83. The van der Waals surface area contributed by atoms with E-state index in [1.807, 2.05) is 0 Å². The molecule has 0 saturated carbocycles. The van der Waals surface area contributed by atoms with Crippen molar-refractivity contribution in [3.63, 3.8) is 0 Å². The van der Waals surface area contributed by atoms with Crippen molar-refractivity contribution in [1.29, 1.82) is 0 Å². The number of methoxy groups -OCH3 is 1. The summed E-state index contributed by atoms with van der Waals surface area (Å²) in [5.41, 5.74) is 0.309. The summed E-state index contributed by atoms with van der Waals surface area (Å²) in [5.74, 6) is -0.917. The van der Waals surface area contributed by atoms with Crippen LogP contribution in [0.1, 0.15) is 6.92 Å². The van der Waals surface area contributed by atoms with Gasteiger partial charge in [0.1, 0.15) is 12.4 Å². The molecule has 0 fully saturated rings. The quantitative estimate of drug-likeness (QED) is 0.316. The predicted octanol–water partition coefficient (Wildman–Crippen LogP) is 1.10. The molecule has 0 radical (unpaired) electrons. The zero-order valence-electron chi connectivity index (χ0n) is 12.2. The highest BCUT2D eigenvalue weighted by atomic mass is 28.3.